The summed E-state index contributed by atoms with van der Waals surface area (Å²) in [6, 6.07) is 18.6. The van der Waals surface area contributed by atoms with Gasteiger partial charge < -0.3 is 23.5 Å². The molecule has 0 fully saturated rings. The van der Waals surface area contributed by atoms with E-state index in [2.05, 4.69) is 4.98 Å². The Morgan fingerprint density at radius 3 is 2.26 bits per heavy atom. The van der Waals surface area contributed by atoms with Crippen molar-refractivity contribution >= 4 is 17.2 Å². The van der Waals surface area contributed by atoms with Crippen LogP contribution >= 0.6 is 0 Å². The van der Waals surface area contributed by atoms with Crippen LogP contribution in [0.15, 0.2) is 73.1 Å². The number of benzene rings is 2. The van der Waals surface area contributed by atoms with Gasteiger partial charge in [-0.25, -0.2) is 4.98 Å². The molecule has 0 spiro atoms. The number of hydrogen-bond acceptors (Lipinski definition) is 5. The molecule has 4 aromatic rings. The van der Waals surface area contributed by atoms with Crippen molar-refractivity contribution in [1.29, 1.82) is 0 Å². The lowest BCUT2D eigenvalue weighted by molar-refractivity contribution is 0.0984. The van der Waals surface area contributed by atoms with E-state index in [4.69, 9.17) is 14.2 Å². The minimum atomic E-state index is -0.198. The van der Waals surface area contributed by atoms with Crippen LogP contribution in [-0.4, -0.2) is 36.6 Å². The summed E-state index contributed by atoms with van der Waals surface area (Å²) < 4.78 is 18.2. The van der Waals surface area contributed by atoms with Gasteiger partial charge in [0.15, 0.2) is 11.5 Å². The molecule has 4 rings (SSSR count). The van der Waals surface area contributed by atoms with E-state index in [0.717, 1.165) is 17.0 Å². The average molecular weight is 417 g/mol. The van der Waals surface area contributed by atoms with Gasteiger partial charge >= 0.3 is 0 Å². The number of pyridine rings is 1. The zero-order valence-electron chi connectivity index (χ0n) is 17.6. The molecule has 0 bridgehead atoms. The van der Waals surface area contributed by atoms with E-state index in [0.29, 0.717) is 29.4 Å². The summed E-state index contributed by atoms with van der Waals surface area (Å²) in [7, 11) is 4.58. The first-order chi connectivity index (χ1) is 15.2. The summed E-state index contributed by atoms with van der Waals surface area (Å²) >= 11 is 0. The zero-order valence-corrected chi connectivity index (χ0v) is 17.6. The molecule has 0 atom stereocenters. The predicted octanol–water partition coefficient (Wildman–Crippen LogP) is 4.21. The smallest absolute Gasteiger partial charge is 0.258 e. The maximum Gasteiger partial charge on any atom is 0.258 e. The second-order valence-electron chi connectivity index (χ2n) is 6.82. The lowest BCUT2D eigenvalue weighted by atomic mass is 10.1. The van der Waals surface area contributed by atoms with Crippen LogP contribution in [0, 0.1) is 0 Å². The maximum atomic E-state index is 13.7. The standard InChI is InChI=1S/C24H23N3O4/c1-29-20-13-17(14-21(30-2)23(20)31-3)24(28)27(18-9-5-4-6-10-18)16-19-15-25-22-11-7-8-12-26(19)22/h4-15H,16H2,1-3H3. The largest absolute Gasteiger partial charge is 0.493 e. The van der Waals surface area contributed by atoms with Gasteiger partial charge in [0.05, 0.1) is 39.8 Å². The van der Waals surface area contributed by atoms with E-state index in [1.165, 1.54) is 21.3 Å². The summed E-state index contributed by atoms with van der Waals surface area (Å²) in [6.07, 6.45) is 3.72. The number of aromatic nitrogens is 2. The van der Waals surface area contributed by atoms with Crippen molar-refractivity contribution < 1.29 is 19.0 Å². The first-order valence-corrected chi connectivity index (χ1v) is 9.74. The lowest BCUT2D eigenvalue weighted by Gasteiger charge is -2.24. The zero-order chi connectivity index (χ0) is 21.8. The molecule has 7 nitrogen and oxygen atoms in total. The normalized spacial score (nSPS) is 10.7. The van der Waals surface area contributed by atoms with Crippen LogP contribution in [0.3, 0.4) is 0 Å². The third-order valence-corrected chi connectivity index (χ3v) is 5.04. The summed E-state index contributed by atoms with van der Waals surface area (Å²) in [5.74, 6) is 1.09. The highest BCUT2D eigenvalue weighted by molar-refractivity contribution is 6.06. The van der Waals surface area contributed by atoms with Gasteiger partial charge in [0.1, 0.15) is 5.65 Å². The van der Waals surface area contributed by atoms with Crippen LogP contribution in [0.4, 0.5) is 5.69 Å². The van der Waals surface area contributed by atoms with Crippen molar-refractivity contribution in [2.45, 2.75) is 6.54 Å². The molecule has 2 aromatic carbocycles. The minimum absolute atomic E-state index is 0.198. The molecule has 0 unspecified atom stereocenters. The molecule has 158 valence electrons. The first-order valence-electron chi connectivity index (χ1n) is 9.74. The number of methoxy groups -OCH3 is 3. The Hall–Kier alpha value is -4.00. The van der Waals surface area contributed by atoms with Gasteiger partial charge in [0.2, 0.25) is 5.75 Å². The molecule has 2 heterocycles. The van der Waals surface area contributed by atoms with E-state index in [-0.39, 0.29) is 5.91 Å². The maximum absolute atomic E-state index is 13.7. The van der Waals surface area contributed by atoms with Gasteiger partial charge in [-0.1, -0.05) is 24.3 Å². The topological polar surface area (TPSA) is 65.3 Å². The highest BCUT2D eigenvalue weighted by atomic mass is 16.5. The molecular formula is C24H23N3O4. The van der Waals surface area contributed by atoms with E-state index in [1.54, 1.807) is 23.2 Å². The Balaban J connectivity index is 1.78. The lowest BCUT2D eigenvalue weighted by Crippen LogP contribution is -2.31. The quantitative estimate of drug-likeness (QED) is 0.451. The molecular weight excluding hydrogens is 394 g/mol. The van der Waals surface area contributed by atoms with Crippen molar-refractivity contribution in [3.8, 4) is 17.2 Å². The Morgan fingerprint density at radius 2 is 1.61 bits per heavy atom. The summed E-state index contributed by atoms with van der Waals surface area (Å²) in [5.41, 5.74) is 2.91. The van der Waals surface area contributed by atoms with Crippen molar-refractivity contribution in [2.75, 3.05) is 26.2 Å². The third kappa shape index (κ3) is 3.90. The number of amides is 1. The fourth-order valence-electron chi connectivity index (χ4n) is 3.51. The average Bonchev–Trinajstić information content (AvgIpc) is 3.24. The van der Waals surface area contributed by atoms with Crippen LogP contribution in [0.2, 0.25) is 0 Å². The molecule has 0 aliphatic carbocycles. The number of carbonyl (C=O) groups excluding carboxylic acids is 1. The number of para-hydroxylation sites is 1. The Morgan fingerprint density at radius 1 is 0.935 bits per heavy atom. The number of anilines is 1. The fraction of sp³-hybridized carbons (Fsp3) is 0.167. The Labute approximate surface area is 180 Å². The molecule has 0 radical (unpaired) electrons. The minimum Gasteiger partial charge on any atom is -0.493 e. The third-order valence-electron chi connectivity index (χ3n) is 5.04. The summed E-state index contributed by atoms with van der Waals surface area (Å²) in [4.78, 5) is 19.8. The Kier molecular flexibility index (Phi) is 5.75. The van der Waals surface area contributed by atoms with Crippen LogP contribution in [0.1, 0.15) is 16.1 Å². The molecule has 0 aliphatic rings. The first kappa shape index (κ1) is 20.3. The predicted molar refractivity (Wildman–Crippen MR) is 118 cm³/mol. The molecule has 31 heavy (non-hydrogen) atoms. The molecule has 0 saturated carbocycles. The van der Waals surface area contributed by atoms with E-state index < -0.39 is 0 Å². The Bertz CT molecular complexity index is 1180. The van der Waals surface area contributed by atoms with Gasteiger partial charge in [-0.05, 0) is 36.4 Å². The monoisotopic (exact) mass is 417 g/mol. The molecule has 0 saturated heterocycles. The van der Waals surface area contributed by atoms with Crippen molar-refractivity contribution in [3.63, 3.8) is 0 Å². The van der Waals surface area contributed by atoms with Crippen molar-refractivity contribution in [1.82, 2.24) is 9.38 Å². The summed E-state index contributed by atoms with van der Waals surface area (Å²) in [5, 5.41) is 0. The highest BCUT2D eigenvalue weighted by Gasteiger charge is 2.23. The van der Waals surface area contributed by atoms with Crippen LogP contribution in [0.5, 0.6) is 17.2 Å². The van der Waals surface area contributed by atoms with Crippen LogP contribution < -0.4 is 19.1 Å². The number of nitrogens with zero attached hydrogens (tertiary/aromatic N) is 3. The molecule has 0 aliphatic heterocycles. The number of ether oxygens (including phenoxy) is 3. The highest BCUT2D eigenvalue weighted by Crippen LogP contribution is 2.38. The van der Waals surface area contributed by atoms with Gasteiger partial charge in [0.25, 0.3) is 5.91 Å². The van der Waals surface area contributed by atoms with Crippen molar-refractivity contribution in [3.05, 3.63) is 84.3 Å². The van der Waals surface area contributed by atoms with E-state index >= 15 is 0 Å². The second kappa shape index (κ2) is 8.79. The SMILES string of the molecule is COc1cc(C(=O)N(Cc2cnc3ccccn23)c2ccccc2)cc(OC)c1OC. The second-order valence-corrected chi connectivity index (χ2v) is 6.82. The van der Waals surface area contributed by atoms with Gasteiger partial charge in [-0.15, -0.1) is 0 Å². The fourth-order valence-corrected chi connectivity index (χ4v) is 3.51. The van der Waals surface area contributed by atoms with Crippen LogP contribution in [-0.2, 0) is 6.54 Å². The number of imidazole rings is 1. The molecule has 2 aromatic heterocycles. The number of fused-ring (bicyclic) bond motifs is 1. The van der Waals surface area contributed by atoms with Crippen LogP contribution in [0.25, 0.3) is 5.65 Å². The molecule has 7 heteroatoms. The summed E-state index contributed by atoms with van der Waals surface area (Å²) in [6.45, 7) is 0.338. The number of carbonyl (C=O) groups is 1. The van der Waals surface area contributed by atoms with Gasteiger partial charge in [-0.3, -0.25) is 4.79 Å². The van der Waals surface area contributed by atoms with E-state index in [9.17, 15) is 4.79 Å². The van der Waals surface area contributed by atoms with E-state index in [1.807, 2.05) is 59.1 Å². The van der Waals surface area contributed by atoms with Crippen molar-refractivity contribution in [2.24, 2.45) is 0 Å². The number of hydrogen-bond donors (Lipinski definition) is 0. The molecule has 1 amide bonds. The van der Waals surface area contributed by atoms with Gasteiger partial charge in [-0.2, -0.15) is 0 Å². The van der Waals surface area contributed by atoms with Gasteiger partial charge in [0, 0.05) is 17.4 Å². The number of rotatable bonds is 7. The molecule has 0 N–H and O–H groups in total.